The zero-order valence-corrected chi connectivity index (χ0v) is 12.4. The van der Waals surface area contributed by atoms with Crippen LogP contribution in [0.1, 0.15) is 0 Å². The maximum absolute atomic E-state index is 12.1. The van der Waals surface area contributed by atoms with E-state index >= 15 is 0 Å². The predicted octanol–water partition coefficient (Wildman–Crippen LogP) is 0.824. The van der Waals surface area contributed by atoms with Crippen molar-refractivity contribution in [2.45, 2.75) is 6.54 Å². The van der Waals surface area contributed by atoms with Crippen LogP contribution in [0.15, 0.2) is 36.7 Å². The lowest BCUT2D eigenvalue weighted by atomic mass is 10.0. The third kappa shape index (κ3) is 3.19. The summed E-state index contributed by atoms with van der Waals surface area (Å²) in [6.45, 7) is 2.27. The maximum Gasteiger partial charge on any atom is 0.260 e. The Morgan fingerprint density at radius 2 is 2.09 bits per heavy atom. The summed E-state index contributed by atoms with van der Waals surface area (Å²) in [5.41, 5.74) is 0. The second kappa shape index (κ2) is 6.46. The number of methoxy groups -OCH3 is 1. The number of hydrogen-bond acceptors (Lipinski definition) is 5. The SMILES string of the molecule is COc1ccccc1OCC(=O)N1CC(Cn2ccnn2)C1. The van der Waals surface area contributed by atoms with E-state index < -0.39 is 0 Å². The van der Waals surface area contributed by atoms with E-state index in [0.29, 0.717) is 17.4 Å². The number of rotatable bonds is 6. The summed E-state index contributed by atoms with van der Waals surface area (Å²) in [5, 5.41) is 7.70. The number of aromatic nitrogens is 3. The molecule has 0 saturated carbocycles. The molecule has 7 heteroatoms. The van der Waals surface area contributed by atoms with Gasteiger partial charge < -0.3 is 14.4 Å². The van der Waals surface area contributed by atoms with Crippen molar-refractivity contribution in [3.05, 3.63) is 36.7 Å². The van der Waals surface area contributed by atoms with Gasteiger partial charge in [-0.05, 0) is 12.1 Å². The van der Waals surface area contributed by atoms with Gasteiger partial charge in [-0.15, -0.1) is 5.10 Å². The monoisotopic (exact) mass is 302 g/mol. The lowest BCUT2D eigenvalue weighted by Gasteiger charge is -2.39. The van der Waals surface area contributed by atoms with Gasteiger partial charge in [0.05, 0.1) is 13.3 Å². The smallest absolute Gasteiger partial charge is 0.260 e. The molecule has 1 aromatic heterocycles. The Labute approximate surface area is 128 Å². The van der Waals surface area contributed by atoms with Gasteiger partial charge in [0.15, 0.2) is 18.1 Å². The maximum atomic E-state index is 12.1. The van der Waals surface area contributed by atoms with Crippen molar-refractivity contribution in [1.29, 1.82) is 0 Å². The van der Waals surface area contributed by atoms with Crippen molar-refractivity contribution in [2.24, 2.45) is 5.92 Å². The van der Waals surface area contributed by atoms with E-state index in [-0.39, 0.29) is 12.5 Å². The van der Waals surface area contributed by atoms with Crippen LogP contribution >= 0.6 is 0 Å². The molecule has 116 valence electrons. The Morgan fingerprint density at radius 1 is 1.32 bits per heavy atom. The summed E-state index contributed by atoms with van der Waals surface area (Å²) in [5.74, 6) is 1.62. The molecule has 1 saturated heterocycles. The largest absolute Gasteiger partial charge is 0.493 e. The highest BCUT2D eigenvalue weighted by Gasteiger charge is 2.31. The van der Waals surface area contributed by atoms with Gasteiger partial charge in [0.1, 0.15) is 0 Å². The number of carbonyl (C=O) groups excluding carboxylic acids is 1. The Bertz CT molecular complexity index is 623. The minimum absolute atomic E-state index is 0.0132. The van der Waals surface area contributed by atoms with E-state index in [9.17, 15) is 4.79 Å². The third-order valence-corrected chi connectivity index (χ3v) is 3.65. The molecule has 3 rings (SSSR count). The van der Waals surface area contributed by atoms with Crippen LogP contribution in [-0.2, 0) is 11.3 Å². The molecule has 22 heavy (non-hydrogen) atoms. The van der Waals surface area contributed by atoms with Crippen LogP contribution in [-0.4, -0.2) is 52.6 Å². The highest BCUT2D eigenvalue weighted by molar-refractivity contribution is 5.78. The van der Waals surface area contributed by atoms with E-state index in [2.05, 4.69) is 10.3 Å². The van der Waals surface area contributed by atoms with Crippen LogP contribution in [0.2, 0.25) is 0 Å². The van der Waals surface area contributed by atoms with Gasteiger partial charge in [0.25, 0.3) is 5.91 Å². The van der Waals surface area contributed by atoms with Crippen LogP contribution in [0.5, 0.6) is 11.5 Å². The minimum Gasteiger partial charge on any atom is -0.493 e. The fourth-order valence-corrected chi connectivity index (χ4v) is 2.45. The van der Waals surface area contributed by atoms with Crippen molar-refractivity contribution in [2.75, 3.05) is 26.8 Å². The van der Waals surface area contributed by atoms with Crippen molar-refractivity contribution >= 4 is 5.91 Å². The Morgan fingerprint density at radius 3 is 2.77 bits per heavy atom. The lowest BCUT2D eigenvalue weighted by molar-refractivity contribution is -0.140. The molecular formula is C15H18N4O3. The van der Waals surface area contributed by atoms with Crippen molar-refractivity contribution in [1.82, 2.24) is 19.9 Å². The second-order valence-electron chi connectivity index (χ2n) is 5.23. The van der Waals surface area contributed by atoms with Gasteiger partial charge in [0.2, 0.25) is 0 Å². The summed E-state index contributed by atoms with van der Waals surface area (Å²) >= 11 is 0. The van der Waals surface area contributed by atoms with Gasteiger partial charge in [-0.25, -0.2) is 0 Å². The van der Waals surface area contributed by atoms with Gasteiger partial charge in [-0.2, -0.15) is 0 Å². The van der Waals surface area contributed by atoms with E-state index in [1.165, 1.54) is 0 Å². The van der Waals surface area contributed by atoms with Gasteiger partial charge in [-0.1, -0.05) is 17.3 Å². The molecule has 7 nitrogen and oxygen atoms in total. The molecule has 1 aromatic carbocycles. The average molecular weight is 302 g/mol. The normalized spacial score (nSPS) is 14.5. The first-order valence-corrected chi connectivity index (χ1v) is 7.14. The zero-order chi connectivity index (χ0) is 15.4. The molecule has 1 aliphatic heterocycles. The van der Waals surface area contributed by atoms with Crippen LogP contribution in [0.4, 0.5) is 0 Å². The summed E-state index contributed by atoms with van der Waals surface area (Å²) in [4.78, 5) is 13.9. The van der Waals surface area contributed by atoms with Gasteiger partial charge >= 0.3 is 0 Å². The first-order chi connectivity index (χ1) is 10.8. The summed E-state index contributed by atoms with van der Waals surface area (Å²) in [7, 11) is 1.58. The molecule has 0 atom stereocenters. The standard InChI is InChI=1S/C15H18N4O3/c1-21-13-4-2-3-5-14(13)22-11-15(20)18-8-12(9-18)10-19-7-6-16-17-19/h2-7,12H,8-11H2,1H3. The Hall–Kier alpha value is -2.57. The Balaban J connectivity index is 1.44. The highest BCUT2D eigenvalue weighted by Crippen LogP contribution is 2.26. The quantitative estimate of drug-likeness (QED) is 0.790. The van der Waals surface area contributed by atoms with Crippen LogP contribution < -0.4 is 9.47 Å². The topological polar surface area (TPSA) is 69.5 Å². The van der Waals surface area contributed by atoms with Gasteiger partial charge in [-0.3, -0.25) is 9.48 Å². The minimum atomic E-state index is -0.0132. The Kier molecular flexibility index (Phi) is 4.22. The first-order valence-electron chi connectivity index (χ1n) is 7.14. The molecule has 2 heterocycles. The second-order valence-corrected chi connectivity index (χ2v) is 5.23. The van der Waals surface area contributed by atoms with E-state index in [1.807, 2.05) is 18.3 Å². The van der Waals surface area contributed by atoms with Crippen molar-refractivity contribution < 1.29 is 14.3 Å². The predicted molar refractivity (Wildman–Crippen MR) is 78.6 cm³/mol. The molecule has 1 fully saturated rings. The first kappa shape index (κ1) is 14.4. The highest BCUT2D eigenvalue weighted by atomic mass is 16.5. The number of likely N-dealkylation sites (tertiary alicyclic amines) is 1. The van der Waals surface area contributed by atoms with E-state index in [0.717, 1.165) is 19.6 Å². The fraction of sp³-hybridized carbons (Fsp3) is 0.400. The summed E-state index contributed by atoms with van der Waals surface area (Å²) < 4.78 is 12.5. The molecular weight excluding hydrogens is 284 g/mol. The summed E-state index contributed by atoms with van der Waals surface area (Å²) in [6, 6.07) is 7.30. The fourth-order valence-electron chi connectivity index (χ4n) is 2.45. The molecule has 0 unspecified atom stereocenters. The zero-order valence-electron chi connectivity index (χ0n) is 12.4. The number of para-hydroxylation sites is 2. The van der Waals surface area contributed by atoms with E-state index in [4.69, 9.17) is 9.47 Å². The van der Waals surface area contributed by atoms with Crippen LogP contribution in [0.3, 0.4) is 0 Å². The van der Waals surface area contributed by atoms with E-state index in [1.54, 1.807) is 35.0 Å². The number of carbonyl (C=O) groups is 1. The van der Waals surface area contributed by atoms with Gasteiger partial charge in [0, 0.05) is 31.7 Å². The molecule has 0 N–H and O–H groups in total. The van der Waals surface area contributed by atoms with Crippen molar-refractivity contribution in [3.8, 4) is 11.5 Å². The third-order valence-electron chi connectivity index (χ3n) is 3.65. The average Bonchev–Trinajstić information content (AvgIpc) is 3.01. The number of amides is 1. The molecule has 0 spiro atoms. The molecule has 1 amide bonds. The number of hydrogen-bond donors (Lipinski definition) is 0. The molecule has 2 aromatic rings. The van der Waals surface area contributed by atoms with Crippen molar-refractivity contribution in [3.63, 3.8) is 0 Å². The number of benzene rings is 1. The molecule has 0 aliphatic carbocycles. The molecule has 0 radical (unpaired) electrons. The number of nitrogens with zero attached hydrogens (tertiary/aromatic N) is 4. The number of ether oxygens (including phenoxy) is 2. The molecule has 0 bridgehead atoms. The summed E-state index contributed by atoms with van der Waals surface area (Å²) in [6.07, 6.45) is 3.48. The molecule has 1 aliphatic rings. The van der Waals surface area contributed by atoms with Crippen LogP contribution in [0, 0.1) is 5.92 Å². The lowest BCUT2D eigenvalue weighted by Crippen LogP contribution is -2.52. The van der Waals surface area contributed by atoms with Crippen LogP contribution in [0.25, 0.3) is 0 Å².